The fourth-order valence-corrected chi connectivity index (χ4v) is 3.79. The van der Waals surface area contributed by atoms with Crippen molar-refractivity contribution in [2.45, 2.75) is 34.1 Å². The van der Waals surface area contributed by atoms with Gasteiger partial charge in [0.1, 0.15) is 0 Å². The van der Waals surface area contributed by atoms with Crippen molar-refractivity contribution in [3.63, 3.8) is 0 Å². The minimum absolute atomic E-state index is 0.299. The maximum Gasteiger partial charge on any atom is 0.242 e. The van der Waals surface area contributed by atoms with E-state index in [-0.39, 0.29) is 0 Å². The first kappa shape index (κ1) is 13.9. The monoisotopic (exact) mass is 242 g/mol. The summed E-state index contributed by atoms with van der Waals surface area (Å²) >= 11 is 5.65. The number of hydrogen-bond acceptors (Lipinski definition) is 2. The second kappa shape index (κ2) is 5.13. The third-order valence-corrected chi connectivity index (χ3v) is 4.95. The number of rotatable bonds is 4. The lowest BCUT2D eigenvalue weighted by Crippen LogP contribution is -2.12. The third-order valence-electron chi connectivity index (χ3n) is 1.49. The second-order valence-corrected chi connectivity index (χ2v) is 10.8. The molecule has 0 aromatic heterocycles. The molecule has 0 amide bonds. The zero-order valence-electron chi connectivity index (χ0n) is 8.65. The van der Waals surface area contributed by atoms with Gasteiger partial charge in [-0.05, 0) is 29.6 Å². The summed E-state index contributed by atoms with van der Waals surface area (Å²) < 4.78 is 0. The second-order valence-electron chi connectivity index (χ2n) is 4.66. The molecule has 0 aliphatic heterocycles. The SMILES string of the molecule is CC(CSP(O)(O)=S)CC(C)(C)C. The molecule has 0 radical (unpaired) electrons. The molecule has 80 valence electrons. The fraction of sp³-hybridized carbons (Fsp3) is 1.00. The highest BCUT2D eigenvalue weighted by atomic mass is 32.9. The molecule has 0 aliphatic carbocycles. The van der Waals surface area contributed by atoms with Crippen molar-refractivity contribution in [2.24, 2.45) is 11.3 Å². The van der Waals surface area contributed by atoms with Crippen LogP contribution in [-0.4, -0.2) is 15.5 Å². The van der Waals surface area contributed by atoms with Crippen LogP contribution in [0.4, 0.5) is 0 Å². The smallest absolute Gasteiger partial charge is 0.242 e. The molecule has 0 aromatic carbocycles. The van der Waals surface area contributed by atoms with Crippen LogP contribution in [0.3, 0.4) is 0 Å². The van der Waals surface area contributed by atoms with E-state index in [1.54, 1.807) is 0 Å². The van der Waals surface area contributed by atoms with Gasteiger partial charge in [0.05, 0.1) is 0 Å². The van der Waals surface area contributed by atoms with Gasteiger partial charge in [-0.2, -0.15) is 0 Å². The largest absolute Gasteiger partial charge is 0.338 e. The fourth-order valence-electron chi connectivity index (χ4n) is 1.33. The van der Waals surface area contributed by atoms with Crippen LogP contribution in [0.15, 0.2) is 0 Å². The lowest BCUT2D eigenvalue weighted by Gasteiger charge is -2.23. The topological polar surface area (TPSA) is 40.5 Å². The molecular formula is C8H19O2PS2. The molecule has 2 N–H and O–H groups in total. The first-order valence-electron chi connectivity index (χ1n) is 4.30. The summed E-state index contributed by atoms with van der Waals surface area (Å²) in [5, 5.41) is 0. The molecule has 1 unspecified atom stereocenters. The first-order valence-corrected chi connectivity index (χ1v) is 8.60. The molecular weight excluding hydrogens is 223 g/mol. The van der Waals surface area contributed by atoms with Crippen molar-refractivity contribution in [1.82, 2.24) is 0 Å². The molecule has 0 aliphatic rings. The Morgan fingerprint density at radius 3 is 2.15 bits per heavy atom. The van der Waals surface area contributed by atoms with Gasteiger partial charge < -0.3 is 9.79 Å². The van der Waals surface area contributed by atoms with Gasteiger partial charge in [0.2, 0.25) is 5.69 Å². The van der Waals surface area contributed by atoms with E-state index >= 15 is 0 Å². The van der Waals surface area contributed by atoms with E-state index in [4.69, 9.17) is 9.79 Å². The summed E-state index contributed by atoms with van der Waals surface area (Å²) in [7, 11) is 0. The average Bonchev–Trinajstić information content (AvgIpc) is 1.78. The molecule has 1 atom stereocenters. The van der Waals surface area contributed by atoms with E-state index in [0.717, 1.165) is 23.6 Å². The Kier molecular flexibility index (Phi) is 5.49. The highest BCUT2D eigenvalue weighted by Gasteiger charge is 2.17. The molecule has 0 fully saturated rings. The van der Waals surface area contributed by atoms with Crippen LogP contribution >= 0.6 is 17.1 Å². The predicted molar refractivity (Wildman–Crippen MR) is 64.4 cm³/mol. The molecule has 0 spiro atoms. The van der Waals surface area contributed by atoms with Gasteiger partial charge in [0.25, 0.3) is 0 Å². The van der Waals surface area contributed by atoms with E-state index in [1.165, 1.54) is 0 Å². The van der Waals surface area contributed by atoms with Crippen LogP contribution in [-0.2, 0) is 11.8 Å². The van der Waals surface area contributed by atoms with Gasteiger partial charge in [-0.25, -0.2) is 0 Å². The van der Waals surface area contributed by atoms with Crippen molar-refractivity contribution in [3.8, 4) is 0 Å². The number of hydrogen-bond donors (Lipinski definition) is 2. The Morgan fingerprint density at radius 1 is 1.38 bits per heavy atom. The van der Waals surface area contributed by atoms with E-state index in [2.05, 4.69) is 39.5 Å². The summed E-state index contributed by atoms with van der Waals surface area (Å²) in [6.07, 6.45) is 1.08. The minimum atomic E-state index is -3.04. The van der Waals surface area contributed by atoms with Crippen LogP contribution in [0.25, 0.3) is 0 Å². The average molecular weight is 242 g/mol. The lowest BCUT2D eigenvalue weighted by atomic mass is 9.86. The summed E-state index contributed by atoms with van der Waals surface area (Å²) in [6, 6.07) is 0. The van der Waals surface area contributed by atoms with Gasteiger partial charge in [0.15, 0.2) is 0 Å². The molecule has 13 heavy (non-hydrogen) atoms. The molecule has 0 bridgehead atoms. The van der Waals surface area contributed by atoms with Crippen LogP contribution in [0, 0.1) is 11.3 Å². The Hall–Kier alpha value is 0.920. The van der Waals surface area contributed by atoms with Crippen molar-refractivity contribution in [2.75, 3.05) is 5.75 Å². The highest BCUT2D eigenvalue weighted by Crippen LogP contribution is 2.51. The summed E-state index contributed by atoms with van der Waals surface area (Å²) in [5.74, 6) is 1.22. The lowest BCUT2D eigenvalue weighted by molar-refractivity contribution is 0.323. The van der Waals surface area contributed by atoms with Gasteiger partial charge >= 0.3 is 0 Å². The van der Waals surface area contributed by atoms with Crippen LogP contribution < -0.4 is 0 Å². The first-order chi connectivity index (χ1) is 5.60. The molecule has 2 nitrogen and oxygen atoms in total. The maximum atomic E-state index is 9.01. The Labute approximate surface area is 90.0 Å². The Balaban J connectivity index is 3.77. The molecule has 0 saturated heterocycles. The van der Waals surface area contributed by atoms with Gasteiger partial charge in [0, 0.05) is 5.75 Å². The third kappa shape index (κ3) is 10.8. The zero-order chi connectivity index (χ0) is 10.7. The van der Waals surface area contributed by atoms with Crippen LogP contribution in [0.2, 0.25) is 0 Å². The minimum Gasteiger partial charge on any atom is -0.338 e. The van der Waals surface area contributed by atoms with Crippen molar-refractivity contribution in [1.29, 1.82) is 0 Å². The molecule has 0 aromatic rings. The van der Waals surface area contributed by atoms with Gasteiger partial charge in [-0.15, -0.1) is 0 Å². The highest BCUT2D eigenvalue weighted by molar-refractivity contribution is 8.67. The zero-order valence-corrected chi connectivity index (χ0v) is 11.2. The van der Waals surface area contributed by atoms with Crippen LogP contribution in [0.1, 0.15) is 34.1 Å². The summed E-state index contributed by atoms with van der Waals surface area (Å²) in [4.78, 5) is 18.0. The van der Waals surface area contributed by atoms with Crippen LogP contribution in [0.5, 0.6) is 0 Å². The molecule has 0 saturated carbocycles. The standard InChI is InChI=1S/C8H19O2PS2/c1-7(5-8(2,3)4)6-13-11(9,10)12/h7H,5-6H2,1-4H3,(H2,9,10,12). The molecule has 5 heteroatoms. The Bertz CT molecular complexity index is 195. The van der Waals surface area contributed by atoms with E-state index < -0.39 is 5.69 Å². The molecule has 0 heterocycles. The quantitative estimate of drug-likeness (QED) is 0.744. The summed E-state index contributed by atoms with van der Waals surface area (Å²) in [5.41, 5.74) is -2.74. The van der Waals surface area contributed by atoms with E-state index in [9.17, 15) is 0 Å². The predicted octanol–water partition coefficient (Wildman–Crippen LogP) is 3.00. The van der Waals surface area contributed by atoms with Crippen molar-refractivity contribution < 1.29 is 9.79 Å². The van der Waals surface area contributed by atoms with Crippen molar-refractivity contribution >= 4 is 28.9 Å². The van der Waals surface area contributed by atoms with Gasteiger partial charge in [-0.1, -0.05) is 39.1 Å². The van der Waals surface area contributed by atoms with Gasteiger partial charge in [-0.3, -0.25) is 0 Å². The Morgan fingerprint density at radius 2 is 1.85 bits per heavy atom. The van der Waals surface area contributed by atoms with E-state index in [1.807, 2.05) is 0 Å². The maximum absolute atomic E-state index is 9.01. The van der Waals surface area contributed by atoms with Crippen molar-refractivity contribution in [3.05, 3.63) is 0 Å². The van der Waals surface area contributed by atoms with E-state index in [0.29, 0.717) is 11.3 Å². The summed E-state index contributed by atoms with van der Waals surface area (Å²) in [6.45, 7) is 8.66. The molecule has 0 rings (SSSR count). The normalized spacial score (nSPS) is 15.8.